The van der Waals surface area contributed by atoms with E-state index >= 15 is 0 Å². The first kappa shape index (κ1) is 52.5. The van der Waals surface area contributed by atoms with Gasteiger partial charge in [0.15, 0.2) is 6.29 Å². The lowest BCUT2D eigenvalue weighted by Crippen LogP contribution is -2.44. The van der Waals surface area contributed by atoms with Gasteiger partial charge in [-0.2, -0.15) is 0 Å². The zero-order valence-corrected chi connectivity index (χ0v) is 36.1. The van der Waals surface area contributed by atoms with Crippen LogP contribution in [0.1, 0.15) is 212 Å². The highest BCUT2D eigenvalue weighted by Crippen LogP contribution is 2.16. The van der Waals surface area contributed by atoms with Gasteiger partial charge < -0.3 is 33.7 Å². The number of hydrogen-bond acceptors (Lipinski definition) is 7. The third-order valence-corrected chi connectivity index (χ3v) is 10.2. The summed E-state index contributed by atoms with van der Waals surface area (Å²) in [6, 6.07) is 0. The fraction of sp³-hybridized carbons (Fsp3) is 0.913. The highest BCUT2D eigenvalue weighted by atomic mass is 16.7. The van der Waals surface area contributed by atoms with E-state index in [1.54, 1.807) is 0 Å². The molecule has 8 heteroatoms. The van der Waals surface area contributed by atoms with Crippen LogP contribution < -0.4 is 5.11 Å². The van der Waals surface area contributed by atoms with Crippen LogP contribution in [0.2, 0.25) is 0 Å². The minimum atomic E-state index is -1.57. The number of carbonyl (C=O) groups excluding carboxylic acids is 2. The Bertz CT molecular complexity index is 843. The molecular weight excluding hydrogens is 679 g/mol. The van der Waals surface area contributed by atoms with Crippen LogP contribution in [0.3, 0.4) is 0 Å². The summed E-state index contributed by atoms with van der Waals surface area (Å²) in [5.41, 5.74) is 0. The Morgan fingerprint density at radius 1 is 0.556 bits per heavy atom. The van der Waals surface area contributed by atoms with Crippen LogP contribution in [0.5, 0.6) is 0 Å². The lowest BCUT2D eigenvalue weighted by Gasteiger charge is -2.26. The highest BCUT2D eigenvalue weighted by Gasteiger charge is 2.17. The quantitative estimate of drug-likeness (QED) is 0.0216. The summed E-state index contributed by atoms with van der Waals surface area (Å²) >= 11 is 0. The SMILES string of the molecule is CCCCCCCCCC/C=C\CCCCCCCCCCCCCCCCCCCCCCCC(=O)OCC(O)COC(OCC[N+](C)(C)C)C(=O)[O-]. The number of hydrogen-bond donors (Lipinski definition) is 1. The molecule has 0 aliphatic rings. The van der Waals surface area contributed by atoms with E-state index in [9.17, 15) is 19.8 Å². The van der Waals surface area contributed by atoms with Gasteiger partial charge >= 0.3 is 5.97 Å². The van der Waals surface area contributed by atoms with Crippen molar-refractivity contribution < 1.29 is 38.5 Å². The number of aliphatic hydroxyl groups excluding tert-OH is 1. The Morgan fingerprint density at radius 3 is 1.30 bits per heavy atom. The number of likely N-dealkylation sites (N-methyl/N-ethyl adjacent to an activating group) is 1. The van der Waals surface area contributed by atoms with Gasteiger partial charge in [-0.15, -0.1) is 0 Å². The van der Waals surface area contributed by atoms with E-state index < -0.39 is 18.4 Å². The maximum Gasteiger partial charge on any atom is 0.305 e. The Labute approximate surface area is 334 Å². The number of ether oxygens (including phenoxy) is 3. The number of nitrogens with zero attached hydrogens (tertiary/aromatic N) is 1. The molecule has 54 heavy (non-hydrogen) atoms. The van der Waals surface area contributed by atoms with E-state index in [1.807, 2.05) is 21.1 Å². The topological polar surface area (TPSA) is 105 Å². The first-order valence-electron chi connectivity index (χ1n) is 22.9. The van der Waals surface area contributed by atoms with Crippen LogP contribution in [-0.4, -0.2) is 81.4 Å². The number of aliphatic carboxylic acids is 1. The summed E-state index contributed by atoms with van der Waals surface area (Å²) in [5, 5.41) is 21.2. The number of allylic oxidation sites excluding steroid dienone is 2. The molecule has 0 aromatic carbocycles. The molecule has 2 atom stereocenters. The highest BCUT2D eigenvalue weighted by molar-refractivity contribution is 5.69. The lowest BCUT2D eigenvalue weighted by molar-refractivity contribution is -0.870. The Hall–Kier alpha value is -1.48. The van der Waals surface area contributed by atoms with E-state index in [2.05, 4.69) is 19.1 Å². The Morgan fingerprint density at radius 2 is 0.926 bits per heavy atom. The molecule has 0 saturated heterocycles. The molecule has 8 nitrogen and oxygen atoms in total. The minimum Gasteiger partial charge on any atom is -0.545 e. The largest absolute Gasteiger partial charge is 0.545 e. The Kier molecular flexibility index (Phi) is 38.7. The number of rotatable bonds is 43. The van der Waals surface area contributed by atoms with E-state index in [1.165, 1.54) is 180 Å². The molecule has 0 bridgehead atoms. The molecule has 1 N–H and O–H groups in total. The van der Waals surface area contributed by atoms with E-state index in [0.717, 1.165) is 19.3 Å². The molecule has 0 amide bonds. The van der Waals surface area contributed by atoms with Gasteiger partial charge in [0.1, 0.15) is 19.3 Å². The van der Waals surface area contributed by atoms with E-state index in [-0.39, 0.29) is 25.8 Å². The molecule has 0 rings (SSSR count). The number of carbonyl (C=O) groups is 2. The summed E-state index contributed by atoms with van der Waals surface area (Å²) in [7, 11) is 5.88. The van der Waals surface area contributed by atoms with Crippen molar-refractivity contribution in [2.75, 3.05) is 47.5 Å². The molecule has 0 aromatic rings. The molecular formula is C46H89NO7. The molecule has 0 aliphatic carbocycles. The van der Waals surface area contributed by atoms with Crippen LogP contribution in [0.4, 0.5) is 0 Å². The summed E-state index contributed by atoms with van der Waals surface area (Å²) < 4.78 is 16.0. The van der Waals surface area contributed by atoms with Gasteiger partial charge in [0.05, 0.1) is 40.3 Å². The molecule has 320 valence electrons. The first-order valence-corrected chi connectivity index (χ1v) is 22.9. The van der Waals surface area contributed by atoms with Crippen LogP contribution in [0, 0.1) is 0 Å². The predicted molar refractivity (Wildman–Crippen MR) is 223 cm³/mol. The van der Waals surface area contributed by atoms with Gasteiger partial charge in [-0.05, 0) is 32.1 Å². The summed E-state index contributed by atoms with van der Waals surface area (Å²) in [4.78, 5) is 23.2. The van der Waals surface area contributed by atoms with Crippen LogP contribution in [0.15, 0.2) is 12.2 Å². The van der Waals surface area contributed by atoms with Gasteiger partial charge in [0, 0.05) is 6.42 Å². The maximum atomic E-state index is 12.0. The first-order chi connectivity index (χ1) is 26.2. The van der Waals surface area contributed by atoms with Crippen LogP contribution in [-0.2, 0) is 23.8 Å². The minimum absolute atomic E-state index is 0.173. The molecule has 0 radical (unpaired) electrons. The zero-order chi connectivity index (χ0) is 39.8. The van der Waals surface area contributed by atoms with Crippen LogP contribution in [0.25, 0.3) is 0 Å². The van der Waals surface area contributed by atoms with Crippen molar-refractivity contribution in [3.05, 3.63) is 12.2 Å². The summed E-state index contributed by atoms with van der Waals surface area (Å²) in [6.07, 6.45) is 44.1. The number of carboxylic acids is 1. The van der Waals surface area contributed by atoms with Gasteiger partial charge in [-0.25, -0.2) is 0 Å². The van der Waals surface area contributed by atoms with Crippen molar-refractivity contribution >= 4 is 11.9 Å². The molecule has 0 fully saturated rings. The monoisotopic (exact) mass is 768 g/mol. The van der Waals surface area contributed by atoms with Crippen molar-refractivity contribution in [3.63, 3.8) is 0 Å². The van der Waals surface area contributed by atoms with Gasteiger partial charge in [0.2, 0.25) is 0 Å². The van der Waals surface area contributed by atoms with Crippen molar-refractivity contribution in [1.29, 1.82) is 0 Å². The maximum absolute atomic E-state index is 12.0. The Balaban J connectivity index is 3.36. The van der Waals surface area contributed by atoms with Crippen LogP contribution >= 0.6 is 0 Å². The van der Waals surface area contributed by atoms with E-state index in [4.69, 9.17) is 14.2 Å². The van der Waals surface area contributed by atoms with Crippen molar-refractivity contribution in [2.24, 2.45) is 0 Å². The normalized spacial score (nSPS) is 13.1. The predicted octanol–water partition coefficient (Wildman–Crippen LogP) is 10.8. The van der Waals surface area contributed by atoms with E-state index in [0.29, 0.717) is 17.4 Å². The number of esters is 1. The molecule has 2 unspecified atom stereocenters. The number of unbranched alkanes of at least 4 members (excludes halogenated alkanes) is 29. The van der Waals surface area contributed by atoms with Crippen molar-refractivity contribution in [3.8, 4) is 0 Å². The molecule has 0 saturated carbocycles. The molecule has 0 spiro atoms. The second-order valence-corrected chi connectivity index (χ2v) is 16.9. The summed E-state index contributed by atoms with van der Waals surface area (Å²) in [6.45, 7) is 2.49. The molecule has 0 aliphatic heterocycles. The van der Waals surface area contributed by atoms with Gasteiger partial charge in [0.25, 0.3) is 0 Å². The van der Waals surface area contributed by atoms with Gasteiger partial charge in [-0.1, -0.05) is 186 Å². The number of quaternary nitrogens is 1. The second kappa shape index (κ2) is 39.7. The van der Waals surface area contributed by atoms with Crippen molar-refractivity contribution in [2.45, 2.75) is 225 Å². The standard InChI is InChI=1S/C46H89NO7/c1-5-6-7-8-9-10-11-12-13-14-15-16-17-18-19-20-21-22-23-24-25-26-27-28-29-30-31-32-33-34-35-36-37-38-44(49)53-41-43(48)42-54-46(45(50)51)52-40-39-47(2,3)4/h14-15,43,46,48H,5-13,16-42H2,1-4H3/b15-14-. The molecule has 0 aromatic heterocycles. The fourth-order valence-corrected chi connectivity index (χ4v) is 6.65. The average molecular weight is 768 g/mol. The molecule has 0 heterocycles. The lowest BCUT2D eigenvalue weighted by atomic mass is 10.0. The third kappa shape index (κ3) is 41.7. The average Bonchev–Trinajstić information content (AvgIpc) is 3.13. The van der Waals surface area contributed by atoms with Gasteiger partial charge in [-0.3, -0.25) is 4.79 Å². The summed E-state index contributed by atoms with van der Waals surface area (Å²) in [5.74, 6) is -1.86. The number of carboxylic acid groups (broad SMARTS) is 1. The zero-order valence-electron chi connectivity index (χ0n) is 36.1. The fourth-order valence-electron chi connectivity index (χ4n) is 6.65. The van der Waals surface area contributed by atoms with Crippen molar-refractivity contribution in [1.82, 2.24) is 0 Å². The number of aliphatic hydroxyl groups is 1. The smallest absolute Gasteiger partial charge is 0.305 e. The third-order valence-electron chi connectivity index (χ3n) is 10.2. The second-order valence-electron chi connectivity index (χ2n) is 16.9.